The zero-order valence-corrected chi connectivity index (χ0v) is 19.8. The average molecular weight is 438 g/mol. The molecule has 0 radical (unpaired) electrons. The maximum Gasteiger partial charge on any atom is 0.231 e. The van der Waals surface area contributed by atoms with E-state index in [2.05, 4.69) is 53.5 Å². The Kier molecular flexibility index (Phi) is 9.89. The summed E-state index contributed by atoms with van der Waals surface area (Å²) in [5.74, 6) is 3.51. The van der Waals surface area contributed by atoms with E-state index in [1.165, 1.54) is 30.8 Å². The number of ether oxygens (including phenoxy) is 2. The van der Waals surface area contributed by atoms with Crippen molar-refractivity contribution in [1.82, 2.24) is 14.5 Å². The van der Waals surface area contributed by atoms with Crippen LogP contribution in [0.15, 0.2) is 66.8 Å². The Labute approximate surface area is 193 Å². The van der Waals surface area contributed by atoms with E-state index < -0.39 is 0 Å². The van der Waals surface area contributed by atoms with Gasteiger partial charge >= 0.3 is 0 Å². The molecule has 0 aromatic carbocycles. The molecule has 1 saturated heterocycles. The van der Waals surface area contributed by atoms with Crippen molar-refractivity contribution in [3.05, 3.63) is 78.3 Å². The van der Waals surface area contributed by atoms with Crippen LogP contribution in [0.4, 0.5) is 0 Å². The van der Waals surface area contributed by atoms with E-state index in [0.717, 1.165) is 57.0 Å². The molecule has 32 heavy (non-hydrogen) atoms. The molecule has 5 nitrogen and oxygen atoms in total. The van der Waals surface area contributed by atoms with Crippen molar-refractivity contribution in [1.29, 1.82) is 0 Å². The molecule has 1 atom stereocenters. The molecular formula is C27H39N3O2. The molecule has 1 aliphatic heterocycles. The zero-order valence-electron chi connectivity index (χ0n) is 19.8. The number of imidazole rings is 1. The third kappa shape index (κ3) is 6.73. The van der Waals surface area contributed by atoms with Crippen molar-refractivity contribution < 1.29 is 9.47 Å². The van der Waals surface area contributed by atoms with Gasteiger partial charge in [0.2, 0.25) is 6.79 Å². The van der Waals surface area contributed by atoms with Gasteiger partial charge in [-0.1, -0.05) is 50.3 Å². The summed E-state index contributed by atoms with van der Waals surface area (Å²) in [6.45, 7) is 12.1. The minimum atomic E-state index is 0.313. The Morgan fingerprint density at radius 1 is 1.28 bits per heavy atom. The van der Waals surface area contributed by atoms with Gasteiger partial charge in [0, 0.05) is 38.3 Å². The monoisotopic (exact) mass is 437 g/mol. The second-order valence-corrected chi connectivity index (χ2v) is 8.41. The summed E-state index contributed by atoms with van der Waals surface area (Å²) >= 11 is 0. The molecule has 2 heterocycles. The van der Waals surface area contributed by atoms with Gasteiger partial charge in [0.15, 0.2) is 11.5 Å². The van der Waals surface area contributed by atoms with Gasteiger partial charge in [0.05, 0.1) is 5.69 Å². The zero-order chi connectivity index (χ0) is 22.6. The molecule has 174 valence electrons. The van der Waals surface area contributed by atoms with Crippen LogP contribution in [0.1, 0.15) is 69.8 Å². The summed E-state index contributed by atoms with van der Waals surface area (Å²) in [6, 6.07) is 0. The predicted molar refractivity (Wildman–Crippen MR) is 131 cm³/mol. The molecule has 5 heteroatoms. The first-order chi connectivity index (χ1) is 15.8. The first-order valence-electron chi connectivity index (χ1n) is 12.1. The lowest BCUT2D eigenvalue weighted by atomic mass is 9.93. The topological polar surface area (TPSA) is 39.5 Å². The van der Waals surface area contributed by atoms with Gasteiger partial charge < -0.3 is 14.0 Å². The Bertz CT molecular complexity index is 847. The van der Waals surface area contributed by atoms with Crippen LogP contribution in [0.25, 0.3) is 0 Å². The van der Waals surface area contributed by atoms with Crippen molar-refractivity contribution in [2.75, 3.05) is 19.9 Å². The van der Waals surface area contributed by atoms with E-state index in [4.69, 9.17) is 14.5 Å². The standard InChI is InChI=1S/C27H39N3O2/c1-4-7-12-17-29(18-13-16-26-25(6-3)31-22-32-26)21-24-20-28-27(30(24)19-8-5-2)23-14-10-9-11-15-23/h4,6-7,9-10,12,16,20,23H,1,5,8,11,13-15,17-19,21-22H2,2-3H3/b12-7+,25-6+,26-16+. The second kappa shape index (κ2) is 13.1. The lowest BCUT2D eigenvalue weighted by Gasteiger charge is -2.23. The number of aromatic nitrogens is 2. The van der Waals surface area contributed by atoms with E-state index in [1.54, 1.807) is 0 Å². The highest BCUT2D eigenvalue weighted by Crippen LogP contribution is 2.29. The fourth-order valence-corrected chi connectivity index (χ4v) is 4.31. The molecular weight excluding hydrogens is 398 g/mol. The quantitative estimate of drug-likeness (QED) is 0.287. The normalized spacial score (nSPS) is 21.0. The number of hydrogen-bond acceptors (Lipinski definition) is 4. The highest BCUT2D eigenvalue weighted by atomic mass is 16.7. The molecule has 0 saturated carbocycles. The third-order valence-electron chi connectivity index (χ3n) is 6.07. The van der Waals surface area contributed by atoms with Gasteiger partial charge in [0.25, 0.3) is 0 Å². The summed E-state index contributed by atoms with van der Waals surface area (Å²) in [5.41, 5.74) is 1.32. The molecule has 1 aromatic heterocycles. The summed E-state index contributed by atoms with van der Waals surface area (Å²) < 4.78 is 13.6. The summed E-state index contributed by atoms with van der Waals surface area (Å²) in [7, 11) is 0. The molecule has 1 unspecified atom stereocenters. The molecule has 0 spiro atoms. The summed E-state index contributed by atoms with van der Waals surface area (Å²) in [5, 5.41) is 0. The minimum absolute atomic E-state index is 0.313. The molecule has 0 N–H and O–H groups in total. The number of nitrogens with zero attached hydrogens (tertiary/aromatic N) is 3. The van der Waals surface area contributed by atoms with Crippen LogP contribution in [0, 0.1) is 0 Å². The molecule has 2 aliphatic rings. The second-order valence-electron chi connectivity index (χ2n) is 8.41. The van der Waals surface area contributed by atoms with E-state index in [0.29, 0.717) is 12.7 Å². The molecule has 0 bridgehead atoms. The van der Waals surface area contributed by atoms with Crippen LogP contribution in [0.2, 0.25) is 0 Å². The number of allylic oxidation sites excluding steroid dienone is 5. The van der Waals surface area contributed by atoms with Gasteiger partial charge in [-0.3, -0.25) is 4.90 Å². The van der Waals surface area contributed by atoms with Crippen molar-refractivity contribution in [3.63, 3.8) is 0 Å². The van der Waals surface area contributed by atoms with Crippen molar-refractivity contribution >= 4 is 0 Å². The van der Waals surface area contributed by atoms with E-state index in [9.17, 15) is 0 Å². The number of rotatable bonds is 12. The van der Waals surface area contributed by atoms with Crippen LogP contribution >= 0.6 is 0 Å². The van der Waals surface area contributed by atoms with E-state index in [-0.39, 0.29) is 0 Å². The van der Waals surface area contributed by atoms with Gasteiger partial charge in [-0.25, -0.2) is 4.98 Å². The fourth-order valence-electron chi connectivity index (χ4n) is 4.31. The van der Waals surface area contributed by atoms with Crippen LogP contribution < -0.4 is 0 Å². The predicted octanol–water partition coefficient (Wildman–Crippen LogP) is 6.23. The lowest BCUT2D eigenvalue weighted by Crippen LogP contribution is -2.26. The van der Waals surface area contributed by atoms with E-state index >= 15 is 0 Å². The van der Waals surface area contributed by atoms with Gasteiger partial charge in [-0.05, 0) is 51.2 Å². The summed E-state index contributed by atoms with van der Waals surface area (Å²) in [4.78, 5) is 7.38. The average Bonchev–Trinajstić information content (AvgIpc) is 3.44. The van der Waals surface area contributed by atoms with Crippen LogP contribution in [-0.4, -0.2) is 34.3 Å². The molecule has 0 amide bonds. The Morgan fingerprint density at radius 2 is 2.16 bits per heavy atom. The smallest absolute Gasteiger partial charge is 0.231 e. The van der Waals surface area contributed by atoms with Crippen LogP contribution in [0.5, 0.6) is 0 Å². The highest BCUT2D eigenvalue weighted by Gasteiger charge is 2.21. The number of hydrogen-bond donors (Lipinski definition) is 0. The molecule has 1 aliphatic carbocycles. The maximum absolute atomic E-state index is 5.59. The number of unbranched alkanes of at least 4 members (excludes halogenated alkanes) is 1. The summed E-state index contributed by atoms with van der Waals surface area (Å²) in [6.07, 6.45) is 23.6. The molecule has 1 aromatic rings. The van der Waals surface area contributed by atoms with Gasteiger partial charge in [-0.15, -0.1) is 0 Å². The Morgan fingerprint density at radius 3 is 2.91 bits per heavy atom. The van der Waals surface area contributed by atoms with Gasteiger partial charge in [0.1, 0.15) is 5.82 Å². The van der Waals surface area contributed by atoms with Crippen molar-refractivity contribution in [3.8, 4) is 0 Å². The molecule has 3 rings (SSSR count). The SMILES string of the molecule is C=C/C=C/CN(CC/C=C1/OCO/C1=C/C)Cc1cnc(C2CC=CCC2)n1CCCC. The first kappa shape index (κ1) is 24.1. The maximum atomic E-state index is 5.59. The van der Waals surface area contributed by atoms with Crippen molar-refractivity contribution in [2.45, 2.75) is 71.4 Å². The fraction of sp³-hybridized carbons (Fsp3) is 0.519. The van der Waals surface area contributed by atoms with Crippen LogP contribution in [-0.2, 0) is 22.6 Å². The van der Waals surface area contributed by atoms with Crippen molar-refractivity contribution in [2.24, 2.45) is 0 Å². The molecule has 1 fully saturated rings. The van der Waals surface area contributed by atoms with Gasteiger partial charge in [-0.2, -0.15) is 0 Å². The highest BCUT2D eigenvalue weighted by molar-refractivity contribution is 5.21. The first-order valence-corrected chi connectivity index (χ1v) is 12.1. The largest absolute Gasteiger partial charge is 0.454 e. The third-order valence-corrected chi connectivity index (χ3v) is 6.07. The van der Waals surface area contributed by atoms with Crippen LogP contribution in [0.3, 0.4) is 0 Å². The Hall–Kier alpha value is -2.53. The minimum Gasteiger partial charge on any atom is -0.454 e. The lowest BCUT2D eigenvalue weighted by molar-refractivity contribution is 0.0973. The van der Waals surface area contributed by atoms with E-state index in [1.807, 2.05) is 25.2 Å². The Balaban J connectivity index is 1.73.